The van der Waals surface area contributed by atoms with Crippen LogP contribution >= 0.6 is 0 Å². The van der Waals surface area contributed by atoms with E-state index < -0.39 is 6.36 Å². The molecule has 0 fully saturated rings. The van der Waals surface area contributed by atoms with Gasteiger partial charge in [0.25, 0.3) is 0 Å². The maximum absolute atomic E-state index is 12.2. The van der Waals surface area contributed by atoms with E-state index in [0.717, 1.165) is 0 Å². The number of nitrogens with one attached hydrogen (secondary N) is 1. The quantitative estimate of drug-likeness (QED) is 0.879. The van der Waals surface area contributed by atoms with Gasteiger partial charge in [0.15, 0.2) is 5.75 Å². The molecular formula is C13H10F3NO. The Balaban J connectivity index is 2.23. The Morgan fingerprint density at radius 1 is 0.833 bits per heavy atom. The van der Waals surface area contributed by atoms with Crippen LogP contribution in [0.5, 0.6) is 5.75 Å². The predicted molar refractivity (Wildman–Crippen MR) is 62.8 cm³/mol. The number of hydrogen-bond donors (Lipinski definition) is 1. The summed E-state index contributed by atoms with van der Waals surface area (Å²) in [5, 5.41) is 2.87. The lowest BCUT2D eigenvalue weighted by Crippen LogP contribution is -2.17. The van der Waals surface area contributed by atoms with Crippen molar-refractivity contribution in [3.05, 3.63) is 54.6 Å². The van der Waals surface area contributed by atoms with Gasteiger partial charge < -0.3 is 10.1 Å². The molecule has 2 aromatic rings. The molecule has 5 heteroatoms. The first-order valence-corrected chi connectivity index (χ1v) is 5.21. The predicted octanol–water partition coefficient (Wildman–Crippen LogP) is 4.33. The second kappa shape index (κ2) is 5.00. The number of anilines is 2. The molecule has 94 valence electrons. The maximum atomic E-state index is 12.2. The van der Waals surface area contributed by atoms with Crippen LogP contribution in [-0.2, 0) is 0 Å². The van der Waals surface area contributed by atoms with Crippen molar-refractivity contribution in [1.82, 2.24) is 0 Å². The molecule has 0 bridgehead atoms. The molecular weight excluding hydrogens is 243 g/mol. The zero-order valence-electron chi connectivity index (χ0n) is 9.24. The largest absolute Gasteiger partial charge is 0.573 e. The highest BCUT2D eigenvalue weighted by molar-refractivity contribution is 5.65. The summed E-state index contributed by atoms with van der Waals surface area (Å²) < 4.78 is 40.6. The topological polar surface area (TPSA) is 21.3 Å². The molecule has 0 amide bonds. The molecule has 0 aliphatic carbocycles. The average molecular weight is 253 g/mol. The van der Waals surface area contributed by atoms with Gasteiger partial charge in [-0.25, -0.2) is 0 Å². The number of hydrogen-bond acceptors (Lipinski definition) is 2. The van der Waals surface area contributed by atoms with Gasteiger partial charge in [0.1, 0.15) is 0 Å². The molecule has 0 saturated heterocycles. The van der Waals surface area contributed by atoms with E-state index >= 15 is 0 Å². The van der Waals surface area contributed by atoms with E-state index in [1.54, 1.807) is 30.3 Å². The van der Waals surface area contributed by atoms with Gasteiger partial charge in [-0.05, 0) is 24.3 Å². The Morgan fingerprint density at radius 3 is 2.11 bits per heavy atom. The first-order valence-electron chi connectivity index (χ1n) is 5.21. The molecule has 0 heterocycles. The van der Waals surface area contributed by atoms with Crippen LogP contribution in [0.2, 0.25) is 0 Å². The third kappa shape index (κ3) is 3.41. The second-order valence-corrected chi connectivity index (χ2v) is 3.53. The van der Waals surface area contributed by atoms with Crippen LogP contribution in [0.15, 0.2) is 54.6 Å². The summed E-state index contributed by atoms with van der Waals surface area (Å²) in [5.74, 6) is -0.256. The first kappa shape index (κ1) is 12.3. The summed E-state index contributed by atoms with van der Waals surface area (Å²) in [6.45, 7) is 0. The number of alkyl halides is 3. The van der Waals surface area contributed by atoms with E-state index in [0.29, 0.717) is 5.69 Å². The van der Waals surface area contributed by atoms with E-state index in [-0.39, 0.29) is 11.4 Å². The Hall–Kier alpha value is -2.17. The average Bonchev–Trinajstić information content (AvgIpc) is 2.31. The van der Waals surface area contributed by atoms with Crippen molar-refractivity contribution >= 4 is 11.4 Å². The summed E-state index contributed by atoms with van der Waals surface area (Å²) in [5.41, 5.74) is 0.955. The van der Waals surface area contributed by atoms with Gasteiger partial charge in [0, 0.05) is 5.69 Å². The molecule has 0 aromatic heterocycles. The Bertz CT molecular complexity index is 511. The highest BCUT2D eigenvalue weighted by Crippen LogP contribution is 2.31. The first-order chi connectivity index (χ1) is 8.54. The molecule has 2 nitrogen and oxygen atoms in total. The van der Waals surface area contributed by atoms with Crippen LogP contribution < -0.4 is 10.1 Å². The third-order valence-corrected chi connectivity index (χ3v) is 2.17. The number of rotatable bonds is 3. The number of ether oxygens (including phenoxy) is 1. The standard InChI is InChI=1S/C13H10F3NO/c14-13(15,16)18-12-9-5-4-8-11(12)17-10-6-2-1-3-7-10/h1-9,17H. The van der Waals surface area contributed by atoms with Crippen molar-refractivity contribution in [3.63, 3.8) is 0 Å². The highest BCUT2D eigenvalue weighted by atomic mass is 19.4. The van der Waals surface area contributed by atoms with Gasteiger partial charge in [-0.15, -0.1) is 13.2 Å². The van der Waals surface area contributed by atoms with Crippen LogP contribution in [0, 0.1) is 0 Å². The molecule has 2 rings (SSSR count). The van der Waals surface area contributed by atoms with Crippen molar-refractivity contribution in [3.8, 4) is 5.75 Å². The Labute approximate surface area is 102 Å². The van der Waals surface area contributed by atoms with Crippen LogP contribution in [0.1, 0.15) is 0 Å². The van der Waals surface area contributed by atoms with E-state index in [9.17, 15) is 13.2 Å². The molecule has 0 spiro atoms. The molecule has 0 saturated carbocycles. The molecule has 0 aliphatic heterocycles. The van der Waals surface area contributed by atoms with Crippen LogP contribution in [0.25, 0.3) is 0 Å². The minimum atomic E-state index is -4.70. The molecule has 2 aromatic carbocycles. The summed E-state index contributed by atoms with van der Waals surface area (Å²) in [7, 11) is 0. The van der Waals surface area contributed by atoms with Gasteiger partial charge >= 0.3 is 6.36 Å². The van der Waals surface area contributed by atoms with Crippen LogP contribution in [-0.4, -0.2) is 6.36 Å². The minimum Gasteiger partial charge on any atom is -0.404 e. The zero-order valence-corrected chi connectivity index (χ0v) is 9.24. The monoisotopic (exact) mass is 253 g/mol. The molecule has 0 aliphatic rings. The fraction of sp³-hybridized carbons (Fsp3) is 0.0769. The lowest BCUT2D eigenvalue weighted by atomic mass is 10.2. The minimum absolute atomic E-state index is 0.256. The number of para-hydroxylation sites is 3. The summed E-state index contributed by atoms with van der Waals surface area (Å²) >= 11 is 0. The maximum Gasteiger partial charge on any atom is 0.573 e. The molecule has 0 atom stereocenters. The van der Waals surface area contributed by atoms with E-state index in [2.05, 4.69) is 10.1 Å². The van der Waals surface area contributed by atoms with Crippen molar-refractivity contribution in [1.29, 1.82) is 0 Å². The SMILES string of the molecule is FC(F)(F)Oc1ccccc1Nc1ccccc1. The number of halogens is 3. The molecule has 0 radical (unpaired) electrons. The van der Waals surface area contributed by atoms with Gasteiger partial charge in [0.2, 0.25) is 0 Å². The van der Waals surface area contributed by atoms with Crippen molar-refractivity contribution in [2.75, 3.05) is 5.32 Å². The number of benzene rings is 2. The van der Waals surface area contributed by atoms with Gasteiger partial charge in [-0.1, -0.05) is 30.3 Å². The van der Waals surface area contributed by atoms with Gasteiger partial charge in [-0.2, -0.15) is 0 Å². The third-order valence-electron chi connectivity index (χ3n) is 2.17. The van der Waals surface area contributed by atoms with E-state index in [1.807, 2.05) is 6.07 Å². The second-order valence-electron chi connectivity index (χ2n) is 3.53. The lowest BCUT2D eigenvalue weighted by molar-refractivity contribution is -0.274. The summed E-state index contributed by atoms with van der Waals surface area (Å²) in [6, 6.07) is 14.8. The lowest BCUT2D eigenvalue weighted by Gasteiger charge is -2.14. The van der Waals surface area contributed by atoms with Crippen LogP contribution in [0.3, 0.4) is 0 Å². The normalized spacial score (nSPS) is 11.1. The Kier molecular flexibility index (Phi) is 3.41. The van der Waals surface area contributed by atoms with Crippen LogP contribution in [0.4, 0.5) is 24.5 Å². The molecule has 0 unspecified atom stereocenters. The van der Waals surface area contributed by atoms with Crippen molar-refractivity contribution in [2.24, 2.45) is 0 Å². The zero-order chi connectivity index (χ0) is 13.0. The molecule has 18 heavy (non-hydrogen) atoms. The van der Waals surface area contributed by atoms with E-state index in [4.69, 9.17) is 0 Å². The summed E-state index contributed by atoms with van der Waals surface area (Å²) in [6.07, 6.45) is -4.70. The van der Waals surface area contributed by atoms with E-state index in [1.165, 1.54) is 18.2 Å². The molecule has 1 N–H and O–H groups in total. The Morgan fingerprint density at radius 2 is 1.44 bits per heavy atom. The van der Waals surface area contributed by atoms with Crippen molar-refractivity contribution in [2.45, 2.75) is 6.36 Å². The highest BCUT2D eigenvalue weighted by Gasteiger charge is 2.32. The van der Waals surface area contributed by atoms with Gasteiger partial charge in [-0.3, -0.25) is 0 Å². The smallest absolute Gasteiger partial charge is 0.404 e. The van der Waals surface area contributed by atoms with Gasteiger partial charge in [0.05, 0.1) is 5.69 Å². The summed E-state index contributed by atoms with van der Waals surface area (Å²) in [4.78, 5) is 0. The fourth-order valence-electron chi connectivity index (χ4n) is 1.46. The van der Waals surface area contributed by atoms with Crippen molar-refractivity contribution < 1.29 is 17.9 Å². The fourth-order valence-corrected chi connectivity index (χ4v) is 1.46.